The number of amides is 1. The lowest BCUT2D eigenvalue weighted by molar-refractivity contribution is -0.125. The topological polar surface area (TPSA) is 41.1 Å². The molecule has 0 radical (unpaired) electrons. The van der Waals surface area contributed by atoms with Crippen LogP contribution >= 0.6 is 0 Å². The highest BCUT2D eigenvalue weighted by Gasteiger charge is 2.34. The summed E-state index contributed by atoms with van der Waals surface area (Å²) in [6.45, 7) is 4.36. The summed E-state index contributed by atoms with van der Waals surface area (Å²) < 4.78 is 0. The fourth-order valence-corrected chi connectivity index (χ4v) is 3.82. The lowest BCUT2D eigenvalue weighted by Gasteiger charge is -2.40. The second-order valence-corrected chi connectivity index (χ2v) is 6.85. The van der Waals surface area contributed by atoms with E-state index in [1.807, 2.05) is 0 Å². The molecule has 4 unspecified atom stereocenters. The standard InChI is InChI=1S/C17H32N2O/c1-3-4-5-8-13(2)18-17(20)16-12-11-14-9-6-7-10-15(14)19-16/h13-16,19H,3-12H2,1-2H3,(H,18,20). The van der Waals surface area contributed by atoms with E-state index in [1.54, 1.807) is 0 Å². The number of piperidine rings is 1. The van der Waals surface area contributed by atoms with E-state index in [9.17, 15) is 4.79 Å². The molecule has 1 amide bonds. The minimum absolute atomic E-state index is 0.0583. The van der Waals surface area contributed by atoms with Crippen LogP contribution in [-0.2, 0) is 4.79 Å². The predicted molar refractivity (Wildman–Crippen MR) is 83.7 cm³/mol. The van der Waals surface area contributed by atoms with Gasteiger partial charge < -0.3 is 10.6 Å². The molecule has 4 atom stereocenters. The maximum absolute atomic E-state index is 12.3. The molecule has 116 valence electrons. The molecule has 0 bridgehead atoms. The molecule has 20 heavy (non-hydrogen) atoms. The number of hydrogen-bond acceptors (Lipinski definition) is 2. The van der Waals surface area contributed by atoms with Crippen molar-refractivity contribution in [3.05, 3.63) is 0 Å². The number of unbranched alkanes of at least 4 members (excludes halogenated alkanes) is 2. The van der Waals surface area contributed by atoms with Gasteiger partial charge in [-0.15, -0.1) is 0 Å². The first-order valence-electron chi connectivity index (χ1n) is 8.77. The molecule has 0 spiro atoms. The number of carbonyl (C=O) groups excluding carboxylic acids is 1. The summed E-state index contributed by atoms with van der Waals surface area (Å²) in [5.74, 6) is 1.06. The lowest BCUT2D eigenvalue weighted by atomic mass is 9.77. The molecule has 2 aliphatic rings. The first-order valence-corrected chi connectivity index (χ1v) is 8.77. The van der Waals surface area contributed by atoms with Gasteiger partial charge in [0.2, 0.25) is 5.91 Å². The molecule has 2 N–H and O–H groups in total. The van der Waals surface area contributed by atoms with Gasteiger partial charge in [0.25, 0.3) is 0 Å². The summed E-state index contributed by atoms with van der Waals surface area (Å²) in [6, 6.07) is 0.978. The van der Waals surface area contributed by atoms with Gasteiger partial charge in [0, 0.05) is 12.1 Å². The highest BCUT2D eigenvalue weighted by Crippen LogP contribution is 2.32. The second kappa shape index (κ2) is 8.02. The smallest absolute Gasteiger partial charge is 0.237 e. The van der Waals surface area contributed by atoms with Crippen molar-refractivity contribution < 1.29 is 4.79 Å². The van der Waals surface area contributed by atoms with Gasteiger partial charge in [0.1, 0.15) is 0 Å². The van der Waals surface area contributed by atoms with Crippen molar-refractivity contribution >= 4 is 5.91 Å². The maximum atomic E-state index is 12.3. The molecule has 1 aliphatic carbocycles. The third kappa shape index (κ3) is 4.47. The summed E-state index contributed by atoms with van der Waals surface area (Å²) >= 11 is 0. The molecular weight excluding hydrogens is 248 g/mol. The van der Waals surface area contributed by atoms with Crippen LogP contribution in [0.3, 0.4) is 0 Å². The molecule has 0 aromatic rings. The van der Waals surface area contributed by atoms with Gasteiger partial charge in [-0.25, -0.2) is 0 Å². The normalized spacial score (nSPS) is 31.4. The molecule has 3 heteroatoms. The van der Waals surface area contributed by atoms with E-state index in [0.717, 1.165) is 18.8 Å². The third-order valence-electron chi connectivity index (χ3n) is 5.10. The Hall–Kier alpha value is -0.570. The van der Waals surface area contributed by atoms with Crippen LogP contribution in [0.15, 0.2) is 0 Å². The minimum atomic E-state index is 0.0583. The Morgan fingerprint density at radius 3 is 2.80 bits per heavy atom. The summed E-state index contributed by atoms with van der Waals surface area (Å²) in [7, 11) is 0. The maximum Gasteiger partial charge on any atom is 0.237 e. The second-order valence-electron chi connectivity index (χ2n) is 6.85. The van der Waals surface area contributed by atoms with E-state index in [2.05, 4.69) is 24.5 Å². The molecule has 3 nitrogen and oxygen atoms in total. The largest absolute Gasteiger partial charge is 0.352 e. The Bertz CT molecular complexity index is 305. The summed E-state index contributed by atoms with van der Waals surface area (Å²) in [6.07, 6.45) is 12.4. The Balaban J connectivity index is 1.72. The van der Waals surface area contributed by atoms with Gasteiger partial charge in [0.05, 0.1) is 6.04 Å². The van der Waals surface area contributed by atoms with Gasteiger partial charge in [-0.3, -0.25) is 4.79 Å². The molecule has 1 aliphatic heterocycles. The number of fused-ring (bicyclic) bond motifs is 1. The molecule has 1 saturated heterocycles. The zero-order valence-electron chi connectivity index (χ0n) is 13.3. The number of rotatable bonds is 6. The van der Waals surface area contributed by atoms with Gasteiger partial charge in [-0.05, 0) is 44.9 Å². The molecule has 0 aromatic carbocycles. The molecule has 1 heterocycles. The highest BCUT2D eigenvalue weighted by atomic mass is 16.2. The summed E-state index contributed by atoms with van der Waals surface area (Å²) in [5, 5.41) is 6.82. The van der Waals surface area contributed by atoms with Crippen LogP contribution in [0.5, 0.6) is 0 Å². The zero-order valence-corrected chi connectivity index (χ0v) is 13.3. The third-order valence-corrected chi connectivity index (χ3v) is 5.10. The SMILES string of the molecule is CCCCCC(C)NC(=O)C1CCC2CCCCC2N1. The Labute approximate surface area is 124 Å². The molecular formula is C17H32N2O. The average molecular weight is 280 g/mol. The van der Waals surface area contributed by atoms with Gasteiger partial charge in [0.15, 0.2) is 0 Å². The Kier molecular flexibility index (Phi) is 6.34. The first kappa shape index (κ1) is 15.8. The minimum Gasteiger partial charge on any atom is -0.352 e. The van der Waals surface area contributed by atoms with Crippen LogP contribution < -0.4 is 10.6 Å². The number of carbonyl (C=O) groups is 1. The van der Waals surface area contributed by atoms with E-state index in [-0.39, 0.29) is 11.9 Å². The van der Waals surface area contributed by atoms with Crippen LogP contribution in [0.2, 0.25) is 0 Å². The van der Waals surface area contributed by atoms with E-state index in [4.69, 9.17) is 0 Å². The fraction of sp³-hybridized carbons (Fsp3) is 0.941. The quantitative estimate of drug-likeness (QED) is 0.732. The molecule has 1 saturated carbocycles. The van der Waals surface area contributed by atoms with E-state index >= 15 is 0 Å². The van der Waals surface area contributed by atoms with Gasteiger partial charge in [-0.1, -0.05) is 39.0 Å². The highest BCUT2D eigenvalue weighted by molar-refractivity contribution is 5.82. The molecule has 2 rings (SSSR count). The van der Waals surface area contributed by atoms with Crippen molar-refractivity contribution in [2.24, 2.45) is 5.92 Å². The zero-order chi connectivity index (χ0) is 14.4. The van der Waals surface area contributed by atoms with Crippen LogP contribution in [0, 0.1) is 5.92 Å². The van der Waals surface area contributed by atoms with E-state index in [0.29, 0.717) is 12.1 Å². The summed E-state index contributed by atoms with van der Waals surface area (Å²) in [5.41, 5.74) is 0. The van der Waals surface area contributed by atoms with Crippen molar-refractivity contribution in [1.29, 1.82) is 0 Å². The summed E-state index contributed by atoms with van der Waals surface area (Å²) in [4.78, 5) is 12.3. The first-order chi connectivity index (χ1) is 9.70. The molecule has 2 fully saturated rings. The Morgan fingerprint density at radius 2 is 2.00 bits per heavy atom. The fourth-order valence-electron chi connectivity index (χ4n) is 3.82. The Morgan fingerprint density at radius 1 is 1.20 bits per heavy atom. The van der Waals surface area contributed by atoms with Crippen LogP contribution in [0.1, 0.15) is 78.1 Å². The van der Waals surface area contributed by atoms with Gasteiger partial charge in [-0.2, -0.15) is 0 Å². The van der Waals surface area contributed by atoms with Crippen LogP contribution in [0.25, 0.3) is 0 Å². The molecule has 0 aromatic heterocycles. The van der Waals surface area contributed by atoms with Crippen LogP contribution in [-0.4, -0.2) is 24.0 Å². The monoisotopic (exact) mass is 280 g/mol. The van der Waals surface area contributed by atoms with Crippen LogP contribution in [0.4, 0.5) is 0 Å². The predicted octanol–water partition coefficient (Wildman–Crippen LogP) is 3.38. The van der Waals surface area contributed by atoms with Crippen molar-refractivity contribution in [3.8, 4) is 0 Å². The van der Waals surface area contributed by atoms with Crippen molar-refractivity contribution in [1.82, 2.24) is 10.6 Å². The van der Waals surface area contributed by atoms with E-state index in [1.165, 1.54) is 51.4 Å². The average Bonchev–Trinajstić information content (AvgIpc) is 2.47. The van der Waals surface area contributed by atoms with Crippen molar-refractivity contribution in [2.45, 2.75) is 96.2 Å². The van der Waals surface area contributed by atoms with Gasteiger partial charge >= 0.3 is 0 Å². The van der Waals surface area contributed by atoms with Crippen molar-refractivity contribution in [2.75, 3.05) is 0 Å². The van der Waals surface area contributed by atoms with Crippen molar-refractivity contribution in [3.63, 3.8) is 0 Å². The number of hydrogen-bond donors (Lipinski definition) is 2. The number of nitrogens with one attached hydrogen (secondary N) is 2. The lowest BCUT2D eigenvalue weighted by Crippen LogP contribution is -2.55. The van der Waals surface area contributed by atoms with E-state index < -0.39 is 0 Å².